The summed E-state index contributed by atoms with van der Waals surface area (Å²) in [7, 11) is 1.65. The number of hydrogen-bond acceptors (Lipinski definition) is 4. The standard InChI is InChI=1S/C14H24N2O3/c1-10-8-13(12(3)19-10)11(2)16-9-14(17)15-6-5-7-18-4/h8,11,16H,5-7,9H2,1-4H3,(H,15,17). The van der Waals surface area contributed by atoms with E-state index < -0.39 is 0 Å². The third-order valence-corrected chi connectivity index (χ3v) is 2.96. The molecule has 2 N–H and O–H groups in total. The minimum atomic E-state index is 0.000762. The van der Waals surface area contributed by atoms with Crippen LogP contribution >= 0.6 is 0 Å². The van der Waals surface area contributed by atoms with E-state index in [1.807, 2.05) is 26.8 Å². The van der Waals surface area contributed by atoms with Crippen molar-refractivity contribution >= 4 is 5.91 Å². The van der Waals surface area contributed by atoms with Crippen LogP contribution in [0.15, 0.2) is 10.5 Å². The number of aryl methyl sites for hydroxylation is 2. The molecule has 0 spiro atoms. The summed E-state index contributed by atoms with van der Waals surface area (Å²) in [6.07, 6.45) is 0.831. The first-order valence-electron chi connectivity index (χ1n) is 6.60. The molecule has 0 bridgehead atoms. The van der Waals surface area contributed by atoms with E-state index in [0.29, 0.717) is 19.7 Å². The first-order chi connectivity index (χ1) is 9.04. The van der Waals surface area contributed by atoms with Crippen molar-refractivity contribution in [2.75, 3.05) is 26.8 Å². The fourth-order valence-electron chi connectivity index (χ4n) is 1.94. The second-order valence-corrected chi connectivity index (χ2v) is 4.67. The van der Waals surface area contributed by atoms with Gasteiger partial charge in [0.2, 0.25) is 5.91 Å². The van der Waals surface area contributed by atoms with E-state index in [-0.39, 0.29) is 11.9 Å². The normalized spacial score (nSPS) is 12.4. The zero-order chi connectivity index (χ0) is 14.3. The number of carbonyl (C=O) groups excluding carboxylic acids is 1. The van der Waals surface area contributed by atoms with E-state index in [1.54, 1.807) is 7.11 Å². The molecule has 0 aromatic carbocycles. The molecule has 5 nitrogen and oxygen atoms in total. The molecule has 1 amide bonds. The zero-order valence-electron chi connectivity index (χ0n) is 12.2. The fourth-order valence-corrected chi connectivity index (χ4v) is 1.94. The first-order valence-corrected chi connectivity index (χ1v) is 6.60. The van der Waals surface area contributed by atoms with Gasteiger partial charge in [-0.25, -0.2) is 0 Å². The van der Waals surface area contributed by atoms with E-state index in [9.17, 15) is 4.79 Å². The van der Waals surface area contributed by atoms with Crippen LogP contribution in [0.3, 0.4) is 0 Å². The van der Waals surface area contributed by atoms with Gasteiger partial charge in [-0.05, 0) is 33.3 Å². The van der Waals surface area contributed by atoms with Gasteiger partial charge in [0.05, 0.1) is 6.54 Å². The third-order valence-electron chi connectivity index (χ3n) is 2.96. The zero-order valence-corrected chi connectivity index (χ0v) is 12.2. The van der Waals surface area contributed by atoms with Crippen molar-refractivity contribution in [1.29, 1.82) is 0 Å². The Morgan fingerprint density at radius 3 is 2.79 bits per heavy atom. The van der Waals surface area contributed by atoms with Gasteiger partial charge in [-0.3, -0.25) is 4.79 Å². The minimum Gasteiger partial charge on any atom is -0.466 e. The summed E-state index contributed by atoms with van der Waals surface area (Å²) in [5.74, 6) is 1.80. The highest BCUT2D eigenvalue weighted by Gasteiger charge is 2.13. The summed E-state index contributed by atoms with van der Waals surface area (Å²) in [5, 5.41) is 6.03. The van der Waals surface area contributed by atoms with Gasteiger partial charge in [-0.1, -0.05) is 0 Å². The predicted molar refractivity (Wildman–Crippen MR) is 74.1 cm³/mol. The van der Waals surface area contributed by atoms with Gasteiger partial charge in [0.1, 0.15) is 11.5 Å². The SMILES string of the molecule is COCCCNC(=O)CNC(C)c1cc(C)oc1C. The second kappa shape index (κ2) is 7.96. The Balaban J connectivity index is 2.28. The van der Waals surface area contributed by atoms with Crippen molar-refractivity contribution in [3.8, 4) is 0 Å². The van der Waals surface area contributed by atoms with E-state index in [0.717, 1.165) is 23.5 Å². The molecule has 0 fully saturated rings. The molecule has 1 aromatic rings. The monoisotopic (exact) mass is 268 g/mol. The van der Waals surface area contributed by atoms with Crippen LogP contribution in [0.25, 0.3) is 0 Å². The summed E-state index contributed by atoms with van der Waals surface area (Å²) >= 11 is 0. The van der Waals surface area contributed by atoms with E-state index in [4.69, 9.17) is 9.15 Å². The van der Waals surface area contributed by atoms with E-state index >= 15 is 0 Å². The van der Waals surface area contributed by atoms with Crippen molar-refractivity contribution in [3.05, 3.63) is 23.2 Å². The van der Waals surface area contributed by atoms with Gasteiger partial charge < -0.3 is 19.8 Å². The number of rotatable bonds is 8. The Labute approximate surface area is 114 Å². The Morgan fingerprint density at radius 1 is 1.47 bits per heavy atom. The van der Waals surface area contributed by atoms with Crippen LogP contribution in [-0.2, 0) is 9.53 Å². The third kappa shape index (κ3) is 5.44. The smallest absolute Gasteiger partial charge is 0.233 e. The van der Waals surface area contributed by atoms with Gasteiger partial charge in [-0.15, -0.1) is 0 Å². The lowest BCUT2D eigenvalue weighted by Crippen LogP contribution is -2.35. The van der Waals surface area contributed by atoms with Crippen LogP contribution in [0, 0.1) is 13.8 Å². The predicted octanol–water partition coefficient (Wildman–Crippen LogP) is 1.70. The Morgan fingerprint density at radius 2 is 2.21 bits per heavy atom. The molecular weight excluding hydrogens is 244 g/mol. The topological polar surface area (TPSA) is 63.5 Å². The number of carbonyl (C=O) groups is 1. The lowest BCUT2D eigenvalue weighted by Gasteiger charge is -2.13. The molecule has 1 heterocycles. The summed E-state index contributed by atoms with van der Waals surface area (Å²) in [5.41, 5.74) is 1.10. The quantitative estimate of drug-likeness (QED) is 0.704. The molecule has 5 heteroatoms. The molecule has 1 atom stereocenters. The summed E-state index contributed by atoms with van der Waals surface area (Å²) < 4.78 is 10.4. The molecule has 19 heavy (non-hydrogen) atoms. The van der Waals surface area contributed by atoms with Crippen molar-refractivity contribution in [2.45, 2.75) is 33.2 Å². The lowest BCUT2D eigenvalue weighted by atomic mass is 10.1. The van der Waals surface area contributed by atoms with Gasteiger partial charge in [0, 0.05) is 31.9 Å². The molecular formula is C14H24N2O3. The maximum atomic E-state index is 11.6. The molecule has 0 aliphatic heterocycles. The largest absolute Gasteiger partial charge is 0.466 e. The Hall–Kier alpha value is -1.33. The van der Waals surface area contributed by atoms with E-state index in [2.05, 4.69) is 10.6 Å². The number of ether oxygens (including phenoxy) is 1. The Kier molecular flexibility index (Phi) is 6.59. The maximum Gasteiger partial charge on any atom is 0.233 e. The average molecular weight is 268 g/mol. The molecule has 0 radical (unpaired) electrons. The summed E-state index contributed by atoms with van der Waals surface area (Å²) in [6.45, 7) is 7.49. The molecule has 0 saturated carbocycles. The van der Waals surface area contributed by atoms with Crippen molar-refractivity contribution in [1.82, 2.24) is 10.6 Å². The van der Waals surface area contributed by atoms with Crippen LogP contribution < -0.4 is 10.6 Å². The molecule has 0 saturated heterocycles. The molecule has 1 aromatic heterocycles. The molecule has 0 aliphatic rings. The fraction of sp³-hybridized carbons (Fsp3) is 0.643. The number of nitrogens with one attached hydrogen (secondary N) is 2. The summed E-state index contributed by atoms with van der Waals surface area (Å²) in [4.78, 5) is 11.6. The number of furan rings is 1. The highest BCUT2D eigenvalue weighted by molar-refractivity contribution is 5.78. The van der Waals surface area contributed by atoms with Crippen molar-refractivity contribution in [2.24, 2.45) is 0 Å². The number of hydrogen-bond donors (Lipinski definition) is 2. The molecule has 1 unspecified atom stereocenters. The summed E-state index contributed by atoms with van der Waals surface area (Å²) in [6, 6.07) is 2.10. The van der Waals surface area contributed by atoms with Crippen LogP contribution in [0.4, 0.5) is 0 Å². The van der Waals surface area contributed by atoms with Crippen LogP contribution in [0.5, 0.6) is 0 Å². The number of methoxy groups -OCH3 is 1. The molecule has 108 valence electrons. The van der Waals surface area contributed by atoms with Crippen LogP contribution in [-0.4, -0.2) is 32.7 Å². The van der Waals surface area contributed by atoms with Crippen LogP contribution in [0.2, 0.25) is 0 Å². The van der Waals surface area contributed by atoms with Gasteiger partial charge in [0.25, 0.3) is 0 Å². The Bertz CT molecular complexity index is 401. The lowest BCUT2D eigenvalue weighted by molar-refractivity contribution is -0.120. The van der Waals surface area contributed by atoms with Crippen molar-refractivity contribution < 1.29 is 13.9 Å². The molecule has 0 aliphatic carbocycles. The van der Waals surface area contributed by atoms with Gasteiger partial charge >= 0.3 is 0 Å². The average Bonchev–Trinajstić information content (AvgIpc) is 2.71. The maximum absolute atomic E-state index is 11.6. The minimum absolute atomic E-state index is 0.000762. The highest BCUT2D eigenvalue weighted by atomic mass is 16.5. The van der Waals surface area contributed by atoms with Crippen LogP contribution in [0.1, 0.15) is 36.5 Å². The van der Waals surface area contributed by atoms with Gasteiger partial charge in [-0.2, -0.15) is 0 Å². The van der Waals surface area contributed by atoms with Crippen molar-refractivity contribution in [3.63, 3.8) is 0 Å². The second-order valence-electron chi connectivity index (χ2n) is 4.67. The van der Waals surface area contributed by atoms with E-state index in [1.165, 1.54) is 0 Å². The number of amides is 1. The van der Waals surface area contributed by atoms with Gasteiger partial charge in [0.15, 0.2) is 0 Å². The highest BCUT2D eigenvalue weighted by Crippen LogP contribution is 2.20. The molecule has 1 rings (SSSR count). The first kappa shape index (κ1) is 15.7.